The Kier molecular flexibility index (Phi) is 6.72. The maximum atomic E-state index is 13.4. The first-order valence-corrected chi connectivity index (χ1v) is 12.9. The van der Waals surface area contributed by atoms with Crippen LogP contribution in [0, 0.1) is 5.41 Å². The highest BCUT2D eigenvalue weighted by molar-refractivity contribution is 6.42. The lowest BCUT2D eigenvalue weighted by Crippen LogP contribution is -2.68. The highest BCUT2D eigenvalue weighted by atomic mass is 35.5. The molecule has 3 heterocycles. The van der Waals surface area contributed by atoms with Gasteiger partial charge >= 0.3 is 6.03 Å². The van der Waals surface area contributed by atoms with E-state index in [0.717, 1.165) is 38.8 Å². The lowest BCUT2D eigenvalue weighted by molar-refractivity contribution is -0.159. The Bertz CT molecular complexity index is 959. The molecule has 34 heavy (non-hydrogen) atoms. The number of morpholine rings is 1. The van der Waals surface area contributed by atoms with Crippen LogP contribution < -0.4 is 5.32 Å². The van der Waals surface area contributed by atoms with Crippen molar-refractivity contribution in [2.24, 2.45) is 5.41 Å². The topological polar surface area (TPSA) is 85.4 Å². The zero-order valence-electron chi connectivity index (χ0n) is 19.4. The van der Waals surface area contributed by atoms with E-state index in [-0.39, 0.29) is 35.5 Å². The third kappa shape index (κ3) is 4.63. The van der Waals surface area contributed by atoms with Gasteiger partial charge in [0.05, 0.1) is 41.4 Å². The fourth-order valence-electron chi connectivity index (χ4n) is 5.64. The molecule has 1 aromatic carbocycles. The minimum absolute atomic E-state index is 0.0251. The van der Waals surface area contributed by atoms with Crippen molar-refractivity contribution in [3.63, 3.8) is 0 Å². The summed E-state index contributed by atoms with van der Waals surface area (Å²) in [4.78, 5) is 32.2. The number of urea groups is 1. The number of likely N-dealkylation sites (tertiary alicyclic amines) is 1. The summed E-state index contributed by atoms with van der Waals surface area (Å²) >= 11 is 12.0. The Morgan fingerprint density at radius 2 is 2.00 bits per heavy atom. The number of hydrogen-bond acceptors (Lipinski definition) is 5. The third-order valence-electron chi connectivity index (χ3n) is 8.06. The number of benzene rings is 1. The summed E-state index contributed by atoms with van der Waals surface area (Å²) in [5.74, 6) is -0.0514. The summed E-state index contributed by atoms with van der Waals surface area (Å²) in [7, 11) is 0. The van der Waals surface area contributed by atoms with Gasteiger partial charge in [0.15, 0.2) is 0 Å². The van der Waals surface area contributed by atoms with Crippen molar-refractivity contribution in [1.29, 1.82) is 0 Å². The first kappa shape index (κ1) is 24.1. The Balaban J connectivity index is 1.20. The van der Waals surface area contributed by atoms with Crippen LogP contribution in [0.15, 0.2) is 18.2 Å². The third-order valence-corrected chi connectivity index (χ3v) is 8.80. The zero-order chi connectivity index (χ0) is 24.0. The van der Waals surface area contributed by atoms with Crippen LogP contribution in [0.1, 0.15) is 32.6 Å². The number of β-amino-alcohol motifs (C(OH)–C–C–N with tert-alkyl or cyclic N) is 1. The number of fused-ring (bicyclic) bond motifs is 1. The van der Waals surface area contributed by atoms with Crippen LogP contribution in [0.25, 0.3) is 0 Å². The molecular formula is C24H32Cl2N4O4. The molecule has 3 saturated heterocycles. The number of carbonyl (C=O) groups is 2. The summed E-state index contributed by atoms with van der Waals surface area (Å²) in [5.41, 5.74) is 0.714. The first-order valence-electron chi connectivity index (χ1n) is 12.1. The van der Waals surface area contributed by atoms with Crippen molar-refractivity contribution in [2.75, 3.05) is 44.7 Å². The van der Waals surface area contributed by atoms with E-state index in [4.69, 9.17) is 27.9 Å². The van der Waals surface area contributed by atoms with Crippen molar-refractivity contribution >= 4 is 40.8 Å². The summed E-state index contributed by atoms with van der Waals surface area (Å²) in [6.07, 6.45) is 3.91. The molecule has 10 heteroatoms. The van der Waals surface area contributed by atoms with E-state index in [9.17, 15) is 14.7 Å². The number of amides is 3. The van der Waals surface area contributed by atoms with E-state index in [2.05, 4.69) is 10.2 Å². The molecule has 1 aromatic rings. The van der Waals surface area contributed by atoms with Gasteiger partial charge in [-0.2, -0.15) is 0 Å². The molecule has 8 nitrogen and oxygen atoms in total. The second-order valence-electron chi connectivity index (χ2n) is 10.2. The van der Waals surface area contributed by atoms with Gasteiger partial charge in [-0.05, 0) is 62.8 Å². The molecule has 1 aliphatic carbocycles. The van der Waals surface area contributed by atoms with Gasteiger partial charge in [0.2, 0.25) is 5.91 Å². The lowest BCUT2D eigenvalue weighted by atomic mass is 9.90. The molecule has 3 amide bonds. The predicted molar refractivity (Wildman–Crippen MR) is 130 cm³/mol. The molecule has 0 aromatic heterocycles. The van der Waals surface area contributed by atoms with Crippen LogP contribution in [0.3, 0.4) is 0 Å². The zero-order valence-corrected chi connectivity index (χ0v) is 20.9. The molecule has 186 valence electrons. The summed E-state index contributed by atoms with van der Waals surface area (Å²) in [6.45, 7) is 5.64. The van der Waals surface area contributed by atoms with Gasteiger partial charge in [-0.1, -0.05) is 23.2 Å². The van der Waals surface area contributed by atoms with Crippen LogP contribution in [0.5, 0.6) is 0 Å². The molecule has 4 fully saturated rings. The fraction of sp³-hybridized carbons (Fsp3) is 0.667. The number of piperazine rings is 1. The van der Waals surface area contributed by atoms with Crippen LogP contribution in [0.2, 0.25) is 10.0 Å². The molecule has 1 saturated carbocycles. The fourth-order valence-corrected chi connectivity index (χ4v) is 5.94. The molecule has 1 spiro atoms. The van der Waals surface area contributed by atoms with Crippen LogP contribution in [-0.4, -0.2) is 95.4 Å². The van der Waals surface area contributed by atoms with E-state index >= 15 is 0 Å². The minimum atomic E-state index is -0.578. The molecule has 5 rings (SSSR count). The predicted octanol–water partition coefficient (Wildman–Crippen LogP) is 3.06. The first-order chi connectivity index (χ1) is 16.3. The van der Waals surface area contributed by atoms with Crippen LogP contribution >= 0.6 is 23.2 Å². The second-order valence-corrected chi connectivity index (χ2v) is 11.0. The normalized spacial score (nSPS) is 30.9. The number of ether oxygens (including phenoxy) is 1. The Morgan fingerprint density at radius 1 is 1.21 bits per heavy atom. The Morgan fingerprint density at radius 3 is 2.71 bits per heavy atom. The Hall–Kier alpha value is -1.58. The summed E-state index contributed by atoms with van der Waals surface area (Å²) in [6, 6.07) is 3.76. The van der Waals surface area contributed by atoms with Crippen molar-refractivity contribution in [2.45, 2.75) is 56.8 Å². The molecule has 4 aliphatic rings. The van der Waals surface area contributed by atoms with E-state index in [1.807, 2.05) is 4.90 Å². The van der Waals surface area contributed by atoms with E-state index < -0.39 is 6.04 Å². The van der Waals surface area contributed by atoms with Gasteiger partial charge in [-0.3, -0.25) is 4.79 Å². The van der Waals surface area contributed by atoms with Crippen molar-refractivity contribution in [1.82, 2.24) is 14.7 Å². The number of aliphatic hydroxyl groups is 1. The average molecular weight is 511 g/mol. The minimum Gasteiger partial charge on any atom is -0.391 e. The molecule has 0 bridgehead atoms. The Labute approximate surface area is 210 Å². The van der Waals surface area contributed by atoms with Gasteiger partial charge in [0, 0.05) is 25.3 Å². The number of nitrogens with zero attached hydrogens (tertiary/aromatic N) is 3. The summed E-state index contributed by atoms with van der Waals surface area (Å²) < 4.78 is 5.86. The number of carbonyl (C=O) groups excluding carboxylic acids is 2. The molecule has 4 atom stereocenters. The quantitative estimate of drug-likeness (QED) is 0.649. The maximum Gasteiger partial charge on any atom is 0.322 e. The van der Waals surface area contributed by atoms with Gasteiger partial charge < -0.3 is 29.9 Å². The van der Waals surface area contributed by atoms with E-state index in [1.165, 1.54) is 0 Å². The van der Waals surface area contributed by atoms with Gasteiger partial charge in [0.1, 0.15) is 6.04 Å². The number of anilines is 1. The van der Waals surface area contributed by atoms with E-state index in [1.54, 1.807) is 30.0 Å². The largest absolute Gasteiger partial charge is 0.391 e. The van der Waals surface area contributed by atoms with Crippen LogP contribution in [-0.2, 0) is 9.53 Å². The monoisotopic (exact) mass is 510 g/mol. The van der Waals surface area contributed by atoms with Crippen LogP contribution in [0.4, 0.5) is 10.5 Å². The second kappa shape index (κ2) is 9.47. The van der Waals surface area contributed by atoms with Gasteiger partial charge in [-0.25, -0.2) is 4.79 Å². The highest BCUT2D eigenvalue weighted by Gasteiger charge is 2.51. The number of piperidine rings is 1. The number of aliphatic hydroxyl groups excluding tert-OH is 1. The number of hydrogen-bond donors (Lipinski definition) is 2. The van der Waals surface area contributed by atoms with Gasteiger partial charge in [-0.15, -0.1) is 0 Å². The van der Waals surface area contributed by atoms with Crippen molar-refractivity contribution < 1.29 is 19.4 Å². The average Bonchev–Trinajstić information content (AvgIpc) is 3.60. The smallest absolute Gasteiger partial charge is 0.322 e. The molecule has 0 unspecified atom stereocenters. The SMILES string of the molecule is C[C@H]1C(=O)N2[C@@H](CCN3CCC4(CC4)[C@H](O)C3)COC[C@H]2CN1C(=O)Nc1ccc(Cl)c(Cl)c1. The van der Waals surface area contributed by atoms with Gasteiger partial charge in [0.25, 0.3) is 0 Å². The molecule has 3 aliphatic heterocycles. The highest BCUT2D eigenvalue weighted by Crippen LogP contribution is 2.53. The summed E-state index contributed by atoms with van der Waals surface area (Å²) in [5, 5.41) is 14.1. The molecule has 2 N–H and O–H groups in total. The van der Waals surface area contributed by atoms with Crippen molar-refractivity contribution in [3.8, 4) is 0 Å². The standard InChI is InChI=1S/C24H32Cl2N4O4/c1-15-22(32)30-17(4-8-28-9-7-24(5-6-24)21(31)12-28)13-34-14-18(30)11-29(15)23(33)27-16-2-3-19(25)20(26)10-16/h2-3,10,15,17-18,21,31H,4-9,11-14H2,1H3,(H,27,33)/t15-,17-,18+,21+/m0/s1. The molecule has 0 radical (unpaired) electrons. The number of halogens is 2. The van der Waals surface area contributed by atoms with E-state index in [0.29, 0.717) is 42.0 Å². The maximum absolute atomic E-state index is 13.4. The number of nitrogens with one attached hydrogen (secondary N) is 1. The molecular weight excluding hydrogens is 479 g/mol. The lowest BCUT2D eigenvalue weighted by Gasteiger charge is -2.50. The van der Waals surface area contributed by atoms with Crippen molar-refractivity contribution in [3.05, 3.63) is 28.2 Å². The number of rotatable bonds is 4.